The number of halogens is 1. The number of hydrogen-bond donors (Lipinski definition) is 2. The Labute approximate surface area is 217 Å². The van der Waals surface area contributed by atoms with Gasteiger partial charge in [-0.1, -0.05) is 31.2 Å². The summed E-state index contributed by atoms with van der Waals surface area (Å²) in [6, 6.07) is 21.2. The van der Waals surface area contributed by atoms with Gasteiger partial charge in [0.15, 0.2) is 0 Å². The van der Waals surface area contributed by atoms with Crippen LogP contribution in [0.1, 0.15) is 42.7 Å². The summed E-state index contributed by atoms with van der Waals surface area (Å²) in [4.78, 5) is 3.41. The van der Waals surface area contributed by atoms with Gasteiger partial charge in [0.1, 0.15) is 35.7 Å². The highest BCUT2D eigenvalue weighted by molar-refractivity contribution is 7.99. The maximum Gasteiger partial charge on any atom is 0.140 e. The van der Waals surface area contributed by atoms with E-state index < -0.39 is 0 Å². The minimum absolute atomic E-state index is 0. The number of nitrogens with zero attached hydrogens (tertiary/aromatic N) is 1. The molecule has 5 nitrogen and oxygen atoms in total. The molecule has 2 N–H and O–H groups in total. The van der Waals surface area contributed by atoms with Crippen LogP contribution in [0.5, 0.6) is 23.0 Å². The van der Waals surface area contributed by atoms with E-state index in [0.29, 0.717) is 12.6 Å². The van der Waals surface area contributed by atoms with Gasteiger partial charge in [-0.25, -0.2) is 0 Å². The number of hydrogen-bond acceptors (Lipinski definition) is 6. The molecule has 4 atom stereocenters. The highest BCUT2D eigenvalue weighted by Crippen LogP contribution is 2.54. The molecule has 0 aliphatic carbocycles. The maximum absolute atomic E-state index is 9.94. The van der Waals surface area contributed by atoms with Crippen LogP contribution >= 0.6 is 24.2 Å². The van der Waals surface area contributed by atoms with Gasteiger partial charge in [0, 0.05) is 19.1 Å². The van der Waals surface area contributed by atoms with Gasteiger partial charge in [0.25, 0.3) is 0 Å². The molecule has 2 aliphatic heterocycles. The van der Waals surface area contributed by atoms with Gasteiger partial charge in [-0.3, -0.25) is 4.90 Å². The van der Waals surface area contributed by atoms with Crippen LogP contribution in [0.15, 0.2) is 71.6 Å². The second kappa shape index (κ2) is 11.0. The van der Waals surface area contributed by atoms with Crippen molar-refractivity contribution in [2.45, 2.75) is 42.6 Å². The van der Waals surface area contributed by atoms with Gasteiger partial charge in [0.05, 0.1) is 10.1 Å². The first-order valence-electron chi connectivity index (χ1n) is 11.9. The lowest BCUT2D eigenvalue weighted by molar-refractivity contribution is 0.190. The average Bonchev–Trinajstić information content (AvgIpc) is 3.16. The van der Waals surface area contributed by atoms with E-state index in [4.69, 9.17) is 9.47 Å². The number of rotatable bonds is 6. The molecule has 3 aromatic rings. The summed E-state index contributed by atoms with van der Waals surface area (Å²) in [6.07, 6.45) is 1.05. The number of ether oxygens (including phenoxy) is 2. The van der Waals surface area contributed by atoms with E-state index in [-0.39, 0.29) is 35.3 Å². The third-order valence-electron chi connectivity index (χ3n) is 6.70. The van der Waals surface area contributed by atoms with E-state index in [1.54, 1.807) is 36.0 Å². The van der Waals surface area contributed by atoms with Crippen molar-refractivity contribution in [1.29, 1.82) is 0 Å². The summed E-state index contributed by atoms with van der Waals surface area (Å²) in [7, 11) is 0. The van der Waals surface area contributed by atoms with E-state index in [1.807, 2.05) is 30.3 Å². The standard InChI is InChI=1S/C28H31NO4S.ClH/c1-18-15-19(2)29(17-18)13-14-32-24-10-5-20(6-11-24)27-28(21-3-7-22(30)8-4-21)34-26-16-23(31)9-12-25(26)33-27;/h3-12,16,18-19,27-28,30-31H,13-15,17H2,1-2H3;1H/t18-,19+,27+,28-;/m1./s1. The summed E-state index contributed by atoms with van der Waals surface area (Å²) in [6.45, 7) is 7.39. The molecule has 3 aromatic carbocycles. The first kappa shape index (κ1) is 25.5. The first-order chi connectivity index (χ1) is 16.5. The second-order valence-electron chi connectivity index (χ2n) is 9.40. The van der Waals surface area contributed by atoms with Crippen LogP contribution in [-0.4, -0.2) is 40.9 Å². The Bertz CT molecular complexity index is 1120. The third-order valence-corrected chi connectivity index (χ3v) is 8.05. The molecule has 0 amide bonds. The van der Waals surface area contributed by atoms with Crippen LogP contribution in [0, 0.1) is 5.92 Å². The van der Waals surface area contributed by atoms with Crippen molar-refractivity contribution in [2.24, 2.45) is 5.92 Å². The Balaban J connectivity index is 0.00000289. The van der Waals surface area contributed by atoms with Crippen LogP contribution in [0.2, 0.25) is 0 Å². The van der Waals surface area contributed by atoms with E-state index in [9.17, 15) is 10.2 Å². The molecule has 186 valence electrons. The zero-order chi connectivity index (χ0) is 23.7. The van der Waals surface area contributed by atoms with E-state index in [0.717, 1.165) is 46.5 Å². The zero-order valence-electron chi connectivity index (χ0n) is 20.0. The molecule has 0 unspecified atom stereocenters. The molecule has 7 heteroatoms. The molecule has 0 bridgehead atoms. The smallest absolute Gasteiger partial charge is 0.140 e. The molecule has 35 heavy (non-hydrogen) atoms. The Morgan fingerprint density at radius 2 is 1.63 bits per heavy atom. The monoisotopic (exact) mass is 513 g/mol. The Kier molecular flexibility index (Phi) is 8.05. The summed E-state index contributed by atoms with van der Waals surface area (Å²) in [5, 5.41) is 19.7. The summed E-state index contributed by atoms with van der Waals surface area (Å²) < 4.78 is 12.5. The van der Waals surface area contributed by atoms with Crippen LogP contribution in [0.4, 0.5) is 0 Å². The van der Waals surface area contributed by atoms with Gasteiger partial charge in [-0.2, -0.15) is 0 Å². The molecule has 0 radical (unpaired) electrons. The fraction of sp³-hybridized carbons (Fsp3) is 0.357. The first-order valence-corrected chi connectivity index (χ1v) is 12.8. The minimum atomic E-state index is -0.215. The van der Waals surface area contributed by atoms with Crippen molar-refractivity contribution in [3.8, 4) is 23.0 Å². The molecular formula is C28H32ClNO4S. The number of thioether (sulfide) groups is 1. The van der Waals surface area contributed by atoms with Crippen molar-refractivity contribution in [2.75, 3.05) is 19.7 Å². The van der Waals surface area contributed by atoms with E-state index in [2.05, 4.69) is 30.9 Å². The fourth-order valence-corrected chi connectivity index (χ4v) is 6.29. The Hall–Kier alpha value is -2.54. The largest absolute Gasteiger partial charge is 0.508 e. The molecule has 0 spiro atoms. The number of likely N-dealkylation sites (tertiary alicyclic amines) is 1. The Morgan fingerprint density at radius 1 is 0.943 bits per heavy atom. The highest BCUT2D eigenvalue weighted by Gasteiger charge is 2.33. The van der Waals surface area contributed by atoms with Crippen molar-refractivity contribution in [3.63, 3.8) is 0 Å². The summed E-state index contributed by atoms with van der Waals surface area (Å²) >= 11 is 1.66. The van der Waals surface area contributed by atoms with Crippen molar-refractivity contribution >= 4 is 24.2 Å². The normalized spacial score (nSPS) is 23.7. The van der Waals surface area contributed by atoms with Crippen molar-refractivity contribution < 1.29 is 19.7 Å². The van der Waals surface area contributed by atoms with Crippen molar-refractivity contribution in [1.82, 2.24) is 4.90 Å². The van der Waals surface area contributed by atoms with Crippen LogP contribution in [-0.2, 0) is 0 Å². The number of phenolic OH excluding ortho intramolecular Hbond substituents is 2. The highest BCUT2D eigenvalue weighted by atomic mass is 35.5. The Morgan fingerprint density at radius 3 is 2.31 bits per heavy atom. The summed E-state index contributed by atoms with van der Waals surface area (Å²) in [5.74, 6) is 2.84. The van der Waals surface area contributed by atoms with E-state index >= 15 is 0 Å². The molecule has 1 saturated heterocycles. The van der Waals surface area contributed by atoms with Crippen LogP contribution in [0.3, 0.4) is 0 Å². The number of aromatic hydroxyl groups is 2. The van der Waals surface area contributed by atoms with E-state index in [1.165, 1.54) is 6.42 Å². The molecule has 1 fully saturated rings. The molecule has 0 saturated carbocycles. The molecular weight excluding hydrogens is 482 g/mol. The average molecular weight is 514 g/mol. The minimum Gasteiger partial charge on any atom is -0.508 e. The third kappa shape index (κ3) is 5.83. The van der Waals surface area contributed by atoms with Gasteiger partial charge < -0.3 is 19.7 Å². The number of phenols is 2. The SMILES string of the molecule is C[C@@H]1C[C@H](C)N(CCOc2ccc([C@@H]3Oc4ccc(O)cc4S[C@@H]3c3ccc(O)cc3)cc2)C1.Cl. The predicted molar refractivity (Wildman–Crippen MR) is 142 cm³/mol. The number of benzene rings is 3. The van der Waals surface area contributed by atoms with Gasteiger partial charge >= 0.3 is 0 Å². The lowest BCUT2D eigenvalue weighted by Gasteiger charge is -2.34. The second-order valence-corrected chi connectivity index (χ2v) is 10.6. The number of fused-ring (bicyclic) bond motifs is 1. The summed E-state index contributed by atoms with van der Waals surface area (Å²) in [5.41, 5.74) is 2.11. The van der Waals surface area contributed by atoms with Crippen LogP contribution < -0.4 is 9.47 Å². The van der Waals surface area contributed by atoms with Gasteiger partial charge in [-0.15, -0.1) is 24.2 Å². The molecule has 2 aliphatic rings. The lowest BCUT2D eigenvalue weighted by atomic mass is 10.00. The fourth-order valence-electron chi connectivity index (χ4n) is 4.97. The predicted octanol–water partition coefficient (Wildman–Crippen LogP) is 6.60. The van der Waals surface area contributed by atoms with Gasteiger partial charge in [-0.05, 0) is 72.9 Å². The zero-order valence-corrected chi connectivity index (χ0v) is 21.6. The van der Waals surface area contributed by atoms with Crippen molar-refractivity contribution in [3.05, 3.63) is 77.9 Å². The molecule has 5 rings (SSSR count). The molecule has 2 heterocycles. The maximum atomic E-state index is 9.94. The lowest BCUT2D eigenvalue weighted by Crippen LogP contribution is -2.31. The quantitative estimate of drug-likeness (QED) is 0.387. The topological polar surface area (TPSA) is 62.2 Å². The molecule has 0 aromatic heterocycles. The van der Waals surface area contributed by atoms with Crippen LogP contribution in [0.25, 0.3) is 0 Å². The van der Waals surface area contributed by atoms with Gasteiger partial charge in [0.2, 0.25) is 0 Å².